The molecule has 0 aliphatic heterocycles. The van der Waals surface area contributed by atoms with Crippen LogP contribution < -0.4 is 0 Å². The van der Waals surface area contributed by atoms with Gasteiger partial charge >= 0.3 is 5.97 Å². The first-order chi connectivity index (χ1) is 5.61. The number of hydrogen-bond acceptors (Lipinski definition) is 2. The van der Waals surface area contributed by atoms with Gasteiger partial charge in [0.25, 0.3) is 0 Å². The molecule has 72 valence electrons. The highest BCUT2D eigenvalue weighted by molar-refractivity contribution is 5.71. The molecule has 0 saturated carbocycles. The SMILES string of the molecule is CCCC(CC)OC(C)C(=O)O. The van der Waals surface area contributed by atoms with Crippen LogP contribution in [0.1, 0.15) is 40.0 Å². The van der Waals surface area contributed by atoms with Gasteiger partial charge in [-0.3, -0.25) is 0 Å². The fourth-order valence-corrected chi connectivity index (χ4v) is 1.04. The molecule has 2 atom stereocenters. The fourth-order valence-electron chi connectivity index (χ4n) is 1.04. The quantitative estimate of drug-likeness (QED) is 0.670. The Bertz CT molecular complexity index is 134. The van der Waals surface area contributed by atoms with Gasteiger partial charge in [-0.05, 0) is 19.8 Å². The normalized spacial score (nSPS) is 15.6. The Kier molecular flexibility index (Phi) is 5.72. The van der Waals surface area contributed by atoms with Crippen LogP contribution >= 0.6 is 0 Å². The molecule has 1 N–H and O–H groups in total. The van der Waals surface area contributed by atoms with Crippen LogP contribution in [0.4, 0.5) is 0 Å². The molecule has 0 aliphatic rings. The van der Waals surface area contributed by atoms with Crippen molar-refractivity contribution in [2.45, 2.75) is 52.2 Å². The summed E-state index contributed by atoms with van der Waals surface area (Å²) in [4.78, 5) is 10.4. The Balaban J connectivity index is 3.76. The van der Waals surface area contributed by atoms with E-state index in [0.29, 0.717) is 0 Å². The van der Waals surface area contributed by atoms with E-state index in [4.69, 9.17) is 9.84 Å². The van der Waals surface area contributed by atoms with Crippen LogP contribution in [-0.4, -0.2) is 23.3 Å². The summed E-state index contributed by atoms with van der Waals surface area (Å²) in [6.45, 7) is 5.65. The third-order valence-corrected chi connectivity index (χ3v) is 1.81. The van der Waals surface area contributed by atoms with Gasteiger partial charge < -0.3 is 9.84 Å². The summed E-state index contributed by atoms with van der Waals surface area (Å²) in [5.41, 5.74) is 0. The van der Waals surface area contributed by atoms with E-state index in [1.165, 1.54) is 0 Å². The zero-order chi connectivity index (χ0) is 9.56. The van der Waals surface area contributed by atoms with Gasteiger partial charge in [0.05, 0.1) is 6.10 Å². The second-order valence-corrected chi connectivity index (χ2v) is 2.94. The second kappa shape index (κ2) is 6.00. The molecule has 0 saturated heterocycles. The predicted molar refractivity (Wildman–Crippen MR) is 47.2 cm³/mol. The van der Waals surface area contributed by atoms with Gasteiger partial charge in [-0.2, -0.15) is 0 Å². The molecular weight excluding hydrogens is 156 g/mol. The number of aliphatic carboxylic acids is 1. The summed E-state index contributed by atoms with van der Waals surface area (Å²) in [6, 6.07) is 0. The molecule has 0 spiro atoms. The monoisotopic (exact) mass is 174 g/mol. The average Bonchev–Trinajstić information content (AvgIpc) is 2.03. The highest BCUT2D eigenvalue weighted by atomic mass is 16.5. The smallest absolute Gasteiger partial charge is 0.332 e. The van der Waals surface area contributed by atoms with Crippen molar-refractivity contribution >= 4 is 5.97 Å². The number of carboxylic acids is 1. The molecule has 0 bridgehead atoms. The fraction of sp³-hybridized carbons (Fsp3) is 0.889. The molecule has 0 fully saturated rings. The van der Waals surface area contributed by atoms with Crippen LogP contribution in [0.2, 0.25) is 0 Å². The molecule has 0 heterocycles. The third-order valence-electron chi connectivity index (χ3n) is 1.81. The van der Waals surface area contributed by atoms with Crippen LogP contribution in [0, 0.1) is 0 Å². The van der Waals surface area contributed by atoms with Crippen molar-refractivity contribution in [1.29, 1.82) is 0 Å². The maximum absolute atomic E-state index is 10.4. The predicted octanol–water partition coefficient (Wildman–Crippen LogP) is 2.05. The number of rotatable bonds is 6. The first-order valence-electron chi connectivity index (χ1n) is 4.50. The lowest BCUT2D eigenvalue weighted by Crippen LogP contribution is -2.26. The molecule has 0 aromatic carbocycles. The van der Waals surface area contributed by atoms with Gasteiger partial charge in [-0.1, -0.05) is 20.3 Å². The van der Waals surface area contributed by atoms with Gasteiger partial charge in [0, 0.05) is 0 Å². The Hall–Kier alpha value is -0.570. The van der Waals surface area contributed by atoms with E-state index in [1.54, 1.807) is 6.92 Å². The largest absolute Gasteiger partial charge is 0.479 e. The van der Waals surface area contributed by atoms with Crippen LogP contribution in [0.5, 0.6) is 0 Å². The van der Waals surface area contributed by atoms with Gasteiger partial charge in [0.1, 0.15) is 0 Å². The van der Waals surface area contributed by atoms with Gasteiger partial charge in [0.15, 0.2) is 6.10 Å². The van der Waals surface area contributed by atoms with Crippen LogP contribution in [0.15, 0.2) is 0 Å². The molecule has 0 radical (unpaired) electrons. The first kappa shape index (κ1) is 11.4. The minimum absolute atomic E-state index is 0.0982. The Labute approximate surface area is 73.7 Å². The number of hydrogen-bond donors (Lipinski definition) is 1. The summed E-state index contributed by atoms with van der Waals surface area (Å²) in [7, 11) is 0. The molecule has 0 amide bonds. The highest BCUT2D eigenvalue weighted by Gasteiger charge is 2.15. The van der Waals surface area contributed by atoms with E-state index < -0.39 is 12.1 Å². The van der Waals surface area contributed by atoms with E-state index in [-0.39, 0.29) is 6.10 Å². The zero-order valence-corrected chi connectivity index (χ0v) is 8.04. The third kappa shape index (κ3) is 4.34. The zero-order valence-electron chi connectivity index (χ0n) is 8.04. The lowest BCUT2D eigenvalue weighted by molar-refractivity contribution is -0.153. The maximum atomic E-state index is 10.4. The Morgan fingerprint density at radius 1 is 1.50 bits per heavy atom. The molecule has 0 aromatic heterocycles. The molecular formula is C9H18O3. The van der Waals surface area contributed by atoms with Crippen LogP contribution in [0.3, 0.4) is 0 Å². The van der Waals surface area contributed by atoms with Crippen molar-refractivity contribution in [3.05, 3.63) is 0 Å². The highest BCUT2D eigenvalue weighted by Crippen LogP contribution is 2.09. The van der Waals surface area contributed by atoms with Crippen LogP contribution in [0.25, 0.3) is 0 Å². The first-order valence-corrected chi connectivity index (χ1v) is 4.50. The van der Waals surface area contributed by atoms with E-state index >= 15 is 0 Å². The van der Waals surface area contributed by atoms with Crippen molar-refractivity contribution in [1.82, 2.24) is 0 Å². The van der Waals surface area contributed by atoms with Crippen molar-refractivity contribution in [2.24, 2.45) is 0 Å². The molecule has 0 rings (SSSR count). The maximum Gasteiger partial charge on any atom is 0.332 e. The summed E-state index contributed by atoms with van der Waals surface area (Å²) >= 11 is 0. The van der Waals surface area contributed by atoms with Crippen molar-refractivity contribution in [3.63, 3.8) is 0 Å². The minimum Gasteiger partial charge on any atom is -0.479 e. The topological polar surface area (TPSA) is 46.5 Å². The summed E-state index contributed by atoms with van der Waals surface area (Å²) in [5.74, 6) is -0.885. The van der Waals surface area contributed by atoms with E-state index in [0.717, 1.165) is 19.3 Å². The van der Waals surface area contributed by atoms with Gasteiger partial charge in [-0.25, -0.2) is 4.79 Å². The Morgan fingerprint density at radius 2 is 2.08 bits per heavy atom. The standard InChI is InChI=1S/C9H18O3/c1-4-6-8(5-2)12-7(3)9(10)11/h7-8H,4-6H2,1-3H3,(H,10,11). The summed E-state index contributed by atoms with van der Waals surface area (Å²) in [6.07, 6.45) is 2.27. The number of ether oxygens (including phenoxy) is 1. The number of carboxylic acid groups (broad SMARTS) is 1. The Morgan fingerprint density at radius 3 is 2.42 bits per heavy atom. The lowest BCUT2D eigenvalue weighted by atomic mass is 10.1. The molecule has 3 heteroatoms. The van der Waals surface area contributed by atoms with E-state index in [1.807, 2.05) is 6.92 Å². The van der Waals surface area contributed by atoms with E-state index in [9.17, 15) is 4.79 Å². The van der Waals surface area contributed by atoms with Crippen molar-refractivity contribution in [2.75, 3.05) is 0 Å². The van der Waals surface area contributed by atoms with Gasteiger partial charge in [0.2, 0.25) is 0 Å². The molecule has 0 aliphatic carbocycles. The van der Waals surface area contributed by atoms with Crippen molar-refractivity contribution < 1.29 is 14.6 Å². The lowest BCUT2D eigenvalue weighted by Gasteiger charge is -2.17. The number of carbonyl (C=O) groups is 1. The van der Waals surface area contributed by atoms with Crippen molar-refractivity contribution in [3.8, 4) is 0 Å². The van der Waals surface area contributed by atoms with Gasteiger partial charge in [-0.15, -0.1) is 0 Å². The molecule has 3 nitrogen and oxygen atoms in total. The van der Waals surface area contributed by atoms with Crippen LogP contribution in [-0.2, 0) is 9.53 Å². The molecule has 2 unspecified atom stereocenters. The summed E-state index contributed by atoms with van der Waals surface area (Å²) in [5, 5.41) is 8.57. The molecule has 12 heavy (non-hydrogen) atoms. The molecule has 0 aromatic rings. The average molecular weight is 174 g/mol. The second-order valence-electron chi connectivity index (χ2n) is 2.94. The minimum atomic E-state index is -0.885. The summed E-state index contributed by atoms with van der Waals surface area (Å²) < 4.78 is 5.30. The van der Waals surface area contributed by atoms with E-state index in [2.05, 4.69) is 6.92 Å².